The molecule has 1 amide bonds. The van der Waals surface area contributed by atoms with Crippen molar-refractivity contribution in [3.63, 3.8) is 0 Å². The van der Waals surface area contributed by atoms with Gasteiger partial charge in [-0.3, -0.25) is 0 Å². The summed E-state index contributed by atoms with van der Waals surface area (Å²) in [4.78, 5) is 14.1. The van der Waals surface area contributed by atoms with Gasteiger partial charge in [-0.15, -0.1) is 0 Å². The molecule has 1 heterocycles. The summed E-state index contributed by atoms with van der Waals surface area (Å²) in [5.41, 5.74) is 5.41. The van der Waals surface area contributed by atoms with Crippen LogP contribution in [0.5, 0.6) is 0 Å². The van der Waals surface area contributed by atoms with Crippen LogP contribution in [0.2, 0.25) is 0 Å². The smallest absolute Gasteiger partial charge is 0.410 e. The standard InChI is InChI=1S/C14H28N2O2/c1-5-7-12-11(10-15)8-6-9-16(12)13(17)18-14(2,3)4/h11-12H,5-10,15H2,1-4H3. The number of nitrogens with two attached hydrogens (primary N) is 1. The monoisotopic (exact) mass is 256 g/mol. The van der Waals surface area contributed by atoms with Crippen molar-refractivity contribution in [1.29, 1.82) is 0 Å². The molecule has 18 heavy (non-hydrogen) atoms. The number of likely N-dealkylation sites (tertiary alicyclic amines) is 1. The molecule has 0 aromatic rings. The van der Waals surface area contributed by atoms with Crippen LogP contribution in [0.4, 0.5) is 4.79 Å². The molecule has 0 bridgehead atoms. The van der Waals surface area contributed by atoms with Gasteiger partial charge in [0.05, 0.1) is 0 Å². The molecule has 0 aliphatic carbocycles. The van der Waals surface area contributed by atoms with E-state index in [1.807, 2.05) is 25.7 Å². The molecular formula is C14H28N2O2. The summed E-state index contributed by atoms with van der Waals surface area (Å²) >= 11 is 0. The van der Waals surface area contributed by atoms with Crippen molar-refractivity contribution in [2.24, 2.45) is 11.7 Å². The first kappa shape index (κ1) is 15.3. The largest absolute Gasteiger partial charge is 0.444 e. The van der Waals surface area contributed by atoms with Crippen molar-refractivity contribution in [1.82, 2.24) is 4.90 Å². The summed E-state index contributed by atoms with van der Waals surface area (Å²) < 4.78 is 5.49. The van der Waals surface area contributed by atoms with Crippen LogP contribution in [0, 0.1) is 5.92 Å². The Morgan fingerprint density at radius 2 is 2.11 bits per heavy atom. The van der Waals surface area contributed by atoms with E-state index in [9.17, 15) is 4.79 Å². The summed E-state index contributed by atoms with van der Waals surface area (Å²) in [6.45, 7) is 9.33. The van der Waals surface area contributed by atoms with E-state index >= 15 is 0 Å². The summed E-state index contributed by atoms with van der Waals surface area (Å²) in [6.07, 6.45) is 4.06. The Hall–Kier alpha value is -0.770. The van der Waals surface area contributed by atoms with Crippen LogP contribution < -0.4 is 5.73 Å². The van der Waals surface area contributed by atoms with Crippen molar-refractivity contribution >= 4 is 6.09 Å². The van der Waals surface area contributed by atoms with Crippen LogP contribution in [0.25, 0.3) is 0 Å². The van der Waals surface area contributed by atoms with Gasteiger partial charge in [0, 0.05) is 12.6 Å². The molecule has 4 nitrogen and oxygen atoms in total. The van der Waals surface area contributed by atoms with Crippen LogP contribution in [0.1, 0.15) is 53.4 Å². The van der Waals surface area contributed by atoms with Crippen molar-refractivity contribution in [2.75, 3.05) is 13.1 Å². The van der Waals surface area contributed by atoms with Gasteiger partial charge in [-0.25, -0.2) is 4.79 Å². The molecule has 4 heteroatoms. The molecular weight excluding hydrogens is 228 g/mol. The van der Waals surface area contributed by atoms with Crippen molar-refractivity contribution in [2.45, 2.75) is 65.0 Å². The average molecular weight is 256 g/mol. The normalized spacial score (nSPS) is 25.1. The minimum absolute atomic E-state index is 0.181. The Morgan fingerprint density at radius 1 is 1.44 bits per heavy atom. The van der Waals surface area contributed by atoms with Gasteiger partial charge in [0.15, 0.2) is 0 Å². The molecule has 0 radical (unpaired) electrons. The summed E-state index contributed by atoms with van der Waals surface area (Å²) in [5, 5.41) is 0. The number of hydrogen-bond acceptors (Lipinski definition) is 3. The van der Waals surface area contributed by atoms with Crippen molar-refractivity contribution in [3.8, 4) is 0 Å². The first-order valence-electron chi connectivity index (χ1n) is 7.08. The number of nitrogens with zero attached hydrogens (tertiary/aromatic N) is 1. The first-order chi connectivity index (χ1) is 8.39. The minimum Gasteiger partial charge on any atom is -0.444 e. The summed E-state index contributed by atoms with van der Waals surface area (Å²) in [6, 6.07) is 0.253. The highest BCUT2D eigenvalue weighted by molar-refractivity contribution is 5.68. The first-order valence-corrected chi connectivity index (χ1v) is 7.08. The summed E-state index contributed by atoms with van der Waals surface area (Å²) in [7, 11) is 0. The second-order valence-corrected chi connectivity index (χ2v) is 6.17. The maximum atomic E-state index is 12.2. The third kappa shape index (κ3) is 4.16. The molecule has 0 aromatic carbocycles. The molecule has 0 saturated carbocycles. The predicted octanol–water partition coefficient (Wildman–Crippen LogP) is 2.76. The molecule has 1 aliphatic heterocycles. The lowest BCUT2D eigenvalue weighted by Crippen LogP contribution is -2.51. The van der Waals surface area contributed by atoms with Gasteiger partial charge < -0.3 is 15.4 Å². The average Bonchev–Trinajstić information content (AvgIpc) is 2.27. The molecule has 1 fully saturated rings. The Morgan fingerprint density at radius 3 is 2.61 bits per heavy atom. The third-order valence-electron chi connectivity index (χ3n) is 3.43. The maximum absolute atomic E-state index is 12.2. The van der Waals surface area contributed by atoms with E-state index in [2.05, 4.69) is 6.92 Å². The fourth-order valence-electron chi connectivity index (χ4n) is 2.65. The fourth-order valence-corrected chi connectivity index (χ4v) is 2.65. The van der Waals surface area contributed by atoms with E-state index in [1.165, 1.54) is 0 Å². The van der Waals surface area contributed by atoms with E-state index in [4.69, 9.17) is 10.5 Å². The SMILES string of the molecule is CCCC1C(CN)CCCN1C(=O)OC(C)(C)C. The van der Waals surface area contributed by atoms with Gasteiger partial charge in [0.1, 0.15) is 5.60 Å². The Balaban J connectivity index is 2.73. The number of amides is 1. The van der Waals surface area contributed by atoms with Gasteiger partial charge in [-0.1, -0.05) is 13.3 Å². The molecule has 1 rings (SSSR count). The minimum atomic E-state index is -0.427. The van der Waals surface area contributed by atoms with Crippen molar-refractivity contribution in [3.05, 3.63) is 0 Å². The zero-order valence-electron chi connectivity index (χ0n) is 12.2. The highest BCUT2D eigenvalue weighted by Gasteiger charge is 2.35. The van der Waals surface area contributed by atoms with E-state index in [-0.39, 0.29) is 12.1 Å². The van der Waals surface area contributed by atoms with Gasteiger partial charge in [-0.05, 0) is 52.5 Å². The fraction of sp³-hybridized carbons (Fsp3) is 0.929. The van der Waals surface area contributed by atoms with E-state index < -0.39 is 5.60 Å². The highest BCUT2D eigenvalue weighted by Crippen LogP contribution is 2.27. The van der Waals surface area contributed by atoms with Crippen LogP contribution in [0.3, 0.4) is 0 Å². The number of piperidine rings is 1. The van der Waals surface area contributed by atoms with Crippen LogP contribution >= 0.6 is 0 Å². The van der Waals surface area contributed by atoms with Gasteiger partial charge in [0.2, 0.25) is 0 Å². The van der Waals surface area contributed by atoms with E-state index in [0.717, 1.165) is 32.2 Å². The second-order valence-electron chi connectivity index (χ2n) is 6.17. The lowest BCUT2D eigenvalue weighted by Gasteiger charge is -2.41. The lowest BCUT2D eigenvalue weighted by atomic mass is 9.87. The Labute approximate surface area is 111 Å². The Bertz CT molecular complexity index is 273. The highest BCUT2D eigenvalue weighted by atomic mass is 16.6. The number of ether oxygens (including phenoxy) is 1. The van der Waals surface area contributed by atoms with Gasteiger partial charge in [0.25, 0.3) is 0 Å². The van der Waals surface area contributed by atoms with Gasteiger partial charge >= 0.3 is 6.09 Å². The van der Waals surface area contributed by atoms with Gasteiger partial charge in [-0.2, -0.15) is 0 Å². The zero-order valence-corrected chi connectivity index (χ0v) is 12.2. The number of rotatable bonds is 3. The molecule has 106 valence electrons. The van der Waals surface area contributed by atoms with Crippen molar-refractivity contribution < 1.29 is 9.53 Å². The number of carbonyl (C=O) groups excluding carboxylic acids is 1. The lowest BCUT2D eigenvalue weighted by molar-refractivity contribution is -0.000655. The predicted molar refractivity (Wildman–Crippen MR) is 73.4 cm³/mol. The second kappa shape index (κ2) is 6.41. The number of carbonyl (C=O) groups is 1. The zero-order chi connectivity index (χ0) is 13.8. The third-order valence-corrected chi connectivity index (χ3v) is 3.43. The summed E-state index contributed by atoms with van der Waals surface area (Å²) in [5.74, 6) is 0.422. The molecule has 2 atom stereocenters. The Kier molecular flexibility index (Phi) is 5.45. The molecule has 1 saturated heterocycles. The van der Waals surface area contributed by atoms with Crippen LogP contribution in [0.15, 0.2) is 0 Å². The quantitative estimate of drug-likeness (QED) is 0.844. The topological polar surface area (TPSA) is 55.6 Å². The van der Waals surface area contributed by atoms with Crippen LogP contribution in [-0.2, 0) is 4.74 Å². The maximum Gasteiger partial charge on any atom is 0.410 e. The van der Waals surface area contributed by atoms with E-state index in [0.29, 0.717) is 12.5 Å². The molecule has 0 spiro atoms. The molecule has 2 unspecified atom stereocenters. The molecule has 0 aromatic heterocycles. The van der Waals surface area contributed by atoms with Crippen LogP contribution in [-0.4, -0.2) is 35.7 Å². The van der Waals surface area contributed by atoms with E-state index in [1.54, 1.807) is 0 Å². The number of hydrogen-bond donors (Lipinski definition) is 1. The molecule has 2 N–H and O–H groups in total. The molecule has 1 aliphatic rings.